The van der Waals surface area contributed by atoms with Gasteiger partial charge in [0.25, 0.3) is 0 Å². The summed E-state index contributed by atoms with van der Waals surface area (Å²) in [4.78, 5) is 25.1. The molecule has 0 saturated carbocycles. The number of nitriles is 1. The van der Waals surface area contributed by atoms with Crippen LogP contribution in [0.2, 0.25) is 0 Å². The second kappa shape index (κ2) is 8.86. The number of carbonyl (C=O) groups is 1. The van der Waals surface area contributed by atoms with Crippen molar-refractivity contribution in [3.8, 4) is 17.5 Å². The molecule has 5 rings (SSSR count). The molecule has 1 saturated heterocycles. The number of urea groups is 1. The van der Waals surface area contributed by atoms with Crippen LogP contribution in [-0.2, 0) is 0 Å². The van der Waals surface area contributed by atoms with Crippen molar-refractivity contribution in [1.82, 2.24) is 30.1 Å². The number of amides is 2. The third kappa shape index (κ3) is 4.03. The molecule has 1 N–H and O–H groups in total. The zero-order chi connectivity index (χ0) is 23.7. The van der Waals surface area contributed by atoms with E-state index in [1.165, 1.54) is 17.3 Å². The van der Waals surface area contributed by atoms with E-state index in [0.717, 1.165) is 12.3 Å². The molecule has 10 nitrogen and oxygen atoms in total. The average molecular weight is 463 g/mol. The Labute approximate surface area is 193 Å². The van der Waals surface area contributed by atoms with Crippen molar-refractivity contribution in [3.63, 3.8) is 0 Å². The zero-order valence-corrected chi connectivity index (χ0v) is 17.9. The summed E-state index contributed by atoms with van der Waals surface area (Å²) in [5.41, 5.74) is 1.29. The van der Waals surface area contributed by atoms with Crippen LogP contribution in [0.15, 0.2) is 41.8 Å². The van der Waals surface area contributed by atoms with E-state index in [1.807, 2.05) is 11.0 Å². The van der Waals surface area contributed by atoms with Gasteiger partial charge in [0.15, 0.2) is 5.82 Å². The number of halogens is 2. The summed E-state index contributed by atoms with van der Waals surface area (Å²) in [5, 5.41) is 21.2. The number of hydrogen-bond donors (Lipinski definition) is 1. The SMILES string of the molecule is N#Cc1cc(F)cc(C2CC=NN2C(=O)N2CCN(c3ncc(F)c(-c4ccn[nH]4)n3)CC2)c1. The average Bonchev–Trinajstić information content (AvgIpc) is 3.56. The van der Waals surface area contributed by atoms with Gasteiger partial charge in [-0.25, -0.2) is 28.6 Å². The lowest BCUT2D eigenvalue weighted by Gasteiger charge is -2.37. The molecule has 2 aromatic heterocycles. The number of aromatic amines is 1. The van der Waals surface area contributed by atoms with Crippen LogP contribution in [0.1, 0.15) is 23.6 Å². The molecule has 2 aliphatic heterocycles. The summed E-state index contributed by atoms with van der Waals surface area (Å²) in [6, 6.07) is 6.82. The van der Waals surface area contributed by atoms with Gasteiger partial charge < -0.3 is 9.80 Å². The molecule has 2 aliphatic rings. The number of piperazine rings is 1. The summed E-state index contributed by atoms with van der Waals surface area (Å²) in [7, 11) is 0. The van der Waals surface area contributed by atoms with Crippen LogP contribution in [0.4, 0.5) is 19.5 Å². The predicted octanol–water partition coefficient (Wildman–Crippen LogP) is 2.69. The molecule has 1 fully saturated rings. The van der Waals surface area contributed by atoms with Crippen molar-refractivity contribution in [3.05, 3.63) is 59.4 Å². The molecule has 0 radical (unpaired) electrons. The molecule has 12 heteroatoms. The van der Waals surface area contributed by atoms with Crippen molar-refractivity contribution in [2.45, 2.75) is 12.5 Å². The van der Waals surface area contributed by atoms with E-state index in [0.29, 0.717) is 49.8 Å². The van der Waals surface area contributed by atoms with Gasteiger partial charge >= 0.3 is 6.03 Å². The van der Waals surface area contributed by atoms with E-state index in [9.17, 15) is 13.6 Å². The summed E-state index contributed by atoms with van der Waals surface area (Å²) >= 11 is 0. The number of hydrogen-bond acceptors (Lipinski definition) is 7. The highest BCUT2D eigenvalue weighted by atomic mass is 19.1. The van der Waals surface area contributed by atoms with Crippen LogP contribution < -0.4 is 4.90 Å². The third-order valence-electron chi connectivity index (χ3n) is 5.78. The molecule has 4 heterocycles. The lowest BCUT2D eigenvalue weighted by molar-refractivity contribution is 0.139. The fourth-order valence-electron chi connectivity index (χ4n) is 4.07. The quantitative estimate of drug-likeness (QED) is 0.638. The molecule has 2 amide bonds. The molecule has 172 valence electrons. The van der Waals surface area contributed by atoms with E-state index in [1.54, 1.807) is 23.2 Å². The van der Waals surface area contributed by atoms with E-state index in [2.05, 4.69) is 25.3 Å². The second-order valence-electron chi connectivity index (χ2n) is 7.87. The molecular formula is C22H19F2N9O. The molecular weight excluding hydrogens is 444 g/mol. The number of rotatable bonds is 3. The van der Waals surface area contributed by atoms with E-state index in [4.69, 9.17) is 5.26 Å². The number of nitrogens with zero attached hydrogens (tertiary/aromatic N) is 8. The Morgan fingerprint density at radius 3 is 2.74 bits per heavy atom. The normalized spacial score (nSPS) is 17.8. The van der Waals surface area contributed by atoms with E-state index < -0.39 is 17.7 Å². The Hall–Kier alpha value is -4.40. The number of hydrazone groups is 1. The molecule has 1 atom stereocenters. The molecule has 34 heavy (non-hydrogen) atoms. The highest BCUT2D eigenvalue weighted by Gasteiger charge is 2.34. The molecule has 0 aliphatic carbocycles. The number of nitrogens with one attached hydrogen (secondary N) is 1. The summed E-state index contributed by atoms with van der Waals surface area (Å²) in [5.74, 6) is -0.730. The Bertz CT molecular complexity index is 1280. The first-order valence-electron chi connectivity index (χ1n) is 10.6. The smallest absolute Gasteiger partial charge is 0.337 e. The van der Waals surface area contributed by atoms with Crippen molar-refractivity contribution >= 4 is 18.2 Å². The summed E-state index contributed by atoms with van der Waals surface area (Å²) < 4.78 is 28.1. The number of benzene rings is 1. The monoisotopic (exact) mass is 463 g/mol. The zero-order valence-electron chi connectivity index (χ0n) is 17.9. The summed E-state index contributed by atoms with van der Waals surface area (Å²) in [6.07, 6.45) is 4.67. The first-order chi connectivity index (χ1) is 16.5. The topological polar surface area (TPSA) is 117 Å². The van der Waals surface area contributed by atoms with Gasteiger partial charge in [0.1, 0.15) is 11.5 Å². The number of aromatic nitrogens is 4. The first-order valence-corrected chi connectivity index (χ1v) is 10.6. The standard InChI is InChI=1S/C22H19F2N9O/c23-16-10-14(12-25)9-15(11-16)19-2-4-28-33(19)22(34)32-7-5-31(6-8-32)21-26-13-17(24)20(29-21)18-1-3-27-30-18/h1,3-4,9-11,13,19H,2,5-8H2,(H,27,30). The van der Waals surface area contributed by atoms with Crippen LogP contribution in [-0.4, -0.2) is 68.5 Å². The molecule has 1 aromatic carbocycles. The molecule has 1 unspecified atom stereocenters. The van der Waals surface area contributed by atoms with Crippen molar-refractivity contribution in [2.75, 3.05) is 31.1 Å². The Balaban J connectivity index is 1.27. The number of H-pyrrole nitrogens is 1. The van der Waals surface area contributed by atoms with Crippen LogP contribution in [0.25, 0.3) is 11.4 Å². The number of anilines is 1. The fraction of sp³-hybridized carbons (Fsp3) is 0.273. The molecule has 0 spiro atoms. The van der Waals surface area contributed by atoms with Gasteiger partial charge in [-0.3, -0.25) is 5.10 Å². The van der Waals surface area contributed by atoms with Crippen LogP contribution in [0.3, 0.4) is 0 Å². The minimum absolute atomic E-state index is 0.127. The van der Waals surface area contributed by atoms with Gasteiger partial charge in [-0.1, -0.05) is 0 Å². The maximum atomic E-state index is 14.2. The van der Waals surface area contributed by atoms with Gasteiger partial charge in [-0.15, -0.1) is 0 Å². The Kier molecular flexibility index (Phi) is 5.59. The largest absolute Gasteiger partial charge is 0.341 e. The van der Waals surface area contributed by atoms with E-state index in [-0.39, 0.29) is 17.3 Å². The maximum Gasteiger partial charge on any atom is 0.341 e. The van der Waals surface area contributed by atoms with Gasteiger partial charge in [0, 0.05) is 45.0 Å². The molecule has 0 bridgehead atoms. The highest BCUT2D eigenvalue weighted by molar-refractivity contribution is 5.79. The fourth-order valence-corrected chi connectivity index (χ4v) is 4.07. The lowest BCUT2D eigenvalue weighted by atomic mass is 10.0. The van der Waals surface area contributed by atoms with Crippen molar-refractivity contribution in [2.24, 2.45) is 5.10 Å². The minimum Gasteiger partial charge on any atom is -0.337 e. The van der Waals surface area contributed by atoms with Crippen LogP contribution >= 0.6 is 0 Å². The van der Waals surface area contributed by atoms with Crippen molar-refractivity contribution < 1.29 is 13.6 Å². The predicted molar refractivity (Wildman–Crippen MR) is 118 cm³/mol. The second-order valence-corrected chi connectivity index (χ2v) is 7.87. The maximum absolute atomic E-state index is 14.2. The highest BCUT2D eigenvalue weighted by Crippen LogP contribution is 2.31. The van der Waals surface area contributed by atoms with Gasteiger partial charge in [-0.2, -0.15) is 15.5 Å². The van der Waals surface area contributed by atoms with Gasteiger partial charge in [0.05, 0.1) is 29.6 Å². The molecule has 3 aromatic rings. The lowest BCUT2D eigenvalue weighted by Crippen LogP contribution is -2.52. The first kappa shape index (κ1) is 21.4. The Morgan fingerprint density at radius 1 is 1.18 bits per heavy atom. The third-order valence-corrected chi connectivity index (χ3v) is 5.78. The van der Waals surface area contributed by atoms with E-state index >= 15 is 0 Å². The Morgan fingerprint density at radius 2 is 2.00 bits per heavy atom. The number of carbonyl (C=O) groups excluding carboxylic acids is 1. The minimum atomic E-state index is -0.559. The van der Waals surface area contributed by atoms with Crippen LogP contribution in [0.5, 0.6) is 0 Å². The van der Waals surface area contributed by atoms with Crippen LogP contribution in [0, 0.1) is 23.0 Å². The summed E-state index contributed by atoms with van der Waals surface area (Å²) in [6.45, 7) is 1.65. The van der Waals surface area contributed by atoms with Crippen molar-refractivity contribution in [1.29, 1.82) is 5.26 Å². The van der Waals surface area contributed by atoms with Gasteiger partial charge in [0.2, 0.25) is 5.95 Å². The van der Waals surface area contributed by atoms with Gasteiger partial charge in [-0.05, 0) is 29.8 Å².